The SMILES string of the molecule is Fc1ccc(COCC2CCCC2)c(Br)c1. The molecule has 0 aromatic heterocycles. The number of rotatable bonds is 4. The van der Waals surface area contributed by atoms with Crippen LogP contribution in [0.3, 0.4) is 0 Å². The first-order valence-corrected chi connectivity index (χ1v) is 6.56. The fourth-order valence-corrected chi connectivity index (χ4v) is 2.62. The van der Waals surface area contributed by atoms with Crippen molar-refractivity contribution < 1.29 is 9.13 Å². The molecule has 1 saturated carbocycles. The zero-order chi connectivity index (χ0) is 11.4. The molecule has 0 heterocycles. The van der Waals surface area contributed by atoms with E-state index in [9.17, 15) is 4.39 Å². The largest absolute Gasteiger partial charge is 0.376 e. The molecule has 1 aromatic carbocycles. The molecule has 0 saturated heterocycles. The second-order valence-electron chi connectivity index (χ2n) is 4.40. The molecule has 1 aliphatic rings. The van der Waals surface area contributed by atoms with Crippen LogP contribution in [-0.4, -0.2) is 6.61 Å². The van der Waals surface area contributed by atoms with Crippen LogP contribution in [0.4, 0.5) is 4.39 Å². The molecule has 0 unspecified atom stereocenters. The smallest absolute Gasteiger partial charge is 0.124 e. The Balaban J connectivity index is 1.80. The predicted octanol–water partition coefficient (Wildman–Crippen LogP) is 4.30. The summed E-state index contributed by atoms with van der Waals surface area (Å²) in [6, 6.07) is 4.72. The molecule has 0 atom stereocenters. The Hall–Kier alpha value is -0.410. The Morgan fingerprint density at radius 2 is 2.06 bits per heavy atom. The van der Waals surface area contributed by atoms with Crippen molar-refractivity contribution in [3.63, 3.8) is 0 Å². The van der Waals surface area contributed by atoms with Crippen LogP contribution in [0.2, 0.25) is 0 Å². The van der Waals surface area contributed by atoms with Crippen molar-refractivity contribution in [3.05, 3.63) is 34.1 Å². The van der Waals surface area contributed by atoms with E-state index in [0.29, 0.717) is 6.61 Å². The Morgan fingerprint density at radius 1 is 1.31 bits per heavy atom. The molecule has 1 fully saturated rings. The van der Waals surface area contributed by atoms with Gasteiger partial charge in [-0.25, -0.2) is 4.39 Å². The molecule has 0 radical (unpaired) electrons. The van der Waals surface area contributed by atoms with Crippen molar-refractivity contribution in [3.8, 4) is 0 Å². The van der Waals surface area contributed by atoms with Crippen molar-refractivity contribution >= 4 is 15.9 Å². The minimum absolute atomic E-state index is 0.216. The van der Waals surface area contributed by atoms with E-state index in [-0.39, 0.29) is 5.82 Å². The van der Waals surface area contributed by atoms with Crippen LogP contribution in [0.5, 0.6) is 0 Å². The fourth-order valence-electron chi connectivity index (χ4n) is 2.15. The fraction of sp³-hybridized carbons (Fsp3) is 0.538. The van der Waals surface area contributed by atoms with Crippen LogP contribution < -0.4 is 0 Å². The highest BCUT2D eigenvalue weighted by molar-refractivity contribution is 9.10. The molecule has 1 aliphatic carbocycles. The van der Waals surface area contributed by atoms with E-state index in [1.54, 1.807) is 6.07 Å². The summed E-state index contributed by atoms with van der Waals surface area (Å²) in [6.07, 6.45) is 5.28. The van der Waals surface area contributed by atoms with Gasteiger partial charge >= 0.3 is 0 Å². The van der Waals surface area contributed by atoms with Crippen molar-refractivity contribution in [2.75, 3.05) is 6.61 Å². The summed E-state index contributed by atoms with van der Waals surface area (Å²) >= 11 is 3.34. The molecule has 2 rings (SSSR count). The van der Waals surface area contributed by atoms with Crippen LogP contribution in [0.1, 0.15) is 31.2 Å². The maximum atomic E-state index is 12.8. The lowest BCUT2D eigenvalue weighted by Gasteiger charge is -2.10. The van der Waals surface area contributed by atoms with Gasteiger partial charge in [-0.05, 0) is 36.5 Å². The summed E-state index contributed by atoms with van der Waals surface area (Å²) in [6.45, 7) is 1.40. The first-order valence-electron chi connectivity index (χ1n) is 5.77. The van der Waals surface area contributed by atoms with E-state index in [1.807, 2.05) is 0 Å². The third-order valence-corrected chi connectivity index (χ3v) is 3.84. The van der Waals surface area contributed by atoms with Crippen LogP contribution in [0.15, 0.2) is 22.7 Å². The summed E-state index contributed by atoms with van der Waals surface area (Å²) in [7, 11) is 0. The Bertz CT molecular complexity index is 348. The zero-order valence-corrected chi connectivity index (χ0v) is 10.8. The van der Waals surface area contributed by atoms with Crippen LogP contribution in [0.25, 0.3) is 0 Å². The topological polar surface area (TPSA) is 9.23 Å². The van der Waals surface area contributed by atoms with Crippen molar-refractivity contribution in [2.24, 2.45) is 5.92 Å². The lowest BCUT2D eigenvalue weighted by atomic mass is 10.1. The van der Waals surface area contributed by atoms with Crippen LogP contribution in [0, 0.1) is 11.7 Å². The van der Waals surface area contributed by atoms with Gasteiger partial charge in [0.25, 0.3) is 0 Å². The standard InChI is InChI=1S/C13H16BrFO/c14-13-7-12(15)6-5-11(13)9-16-8-10-3-1-2-4-10/h5-7,10H,1-4,8-9H2. The summed E-state index contributed by atoms with van der Waals surface area (Å²) in [5.74, 6) is 0.519. The maximum absolute atomic E-state index is 12.8. The summed E-state index contributed by atoms with van der Waals surface area (Å²) in [5.41, 5.74) is 1.01. The van der Waals surface area contributed by atoms with E-state index in [0.717, 1.165) is 22.6 Å². The van der Waals surface area contributed by atoms with E-state index in [4.69, 9.17) is 4.74 Å². The van der Waals surface area contributed by atoms with Gasteiger partial charge in [0.1, 0.15) is 5.82 Å². The molecule has 0 N–H and O–H groups in total. The molecular formula is C13H16BrFO. The monoisotopic (exact) mass is 286 g/mol. The minimum Gasteiger partial charge on any atom is -0.376 e. The van der Waals surface area contributed by atoms with Gasteiger partial charge in [0.2, 0.25) is 0 Å². The van der Waals surface area contributed by atoms with Gasteiger partial charge < -0.3 is 4.74 Å². The zero-order valence-electron chi connectivity index (χ0n) is 9.22. The average Bonchev–Trinajstić information content (AvgIpc) is 2.74. The Morgan fingerprint density at radius 3 is 2.75 bits per heavy atom. The van der Waals surface area contributed by atoms with E-state index >= 15 is 0 Å². The molecule has 88 valence electrons. The van der Waals surface area contributed by atoms with Crippen molar-refractivity contribution in [1.29, 1.82) is 0 Å². The molecule has 3 heteroatoms. The van der Waals surface area contributed by atoms with Gasteiger partial charge in [-0.15, -0.1) is 0 Å². The molecule has 0 spiro atoms. The third-order valence-electron chi connectivity index (χ3n) is 3.10. The molecule has 0 bridgehead atoms. The second kappa shape index (κ2) is 5.78. The van der Waals surface area contributed by atoms with Crippen molar-refractivity contribution in [1.82, 2.24) is 0 Å². The van der Waals surface area contributed by atoms with Gasteiger partial charge in [0.05, 0.1) is 6.61 Å². The number of hydrogen-bond acceptors (Lipinski definition) is 1. The second-order valence-corrected chi connectivity index (χ2v) is 5.26. The van der Waals surface area contributed by atoms with E-state index < -0.39 is 0 Å². The Labute approximate surface area is 104 Å². The van der Waals surface area contributed by atoms with Gasteiger partial charge in [-0.1, -0.05) is 34.8 Å². The normalized spacial score (nSPS) is 16.9. The average molecular weight is 287 g/mol. The Kier molecular flexibility index (Phi) is 4.36. The number of halogens is 2. The predicted molar refractivity (Wildman–Crippen MR) is 65.7 cm³/mol. The number of ether oxygens (including phenoxy) is 1. The lowest BCUT2D eigenvalue weighted by molar-refractivity contribution is 0.0885. The van der Waals surface area contributed by atoms with Gasteiger partial charge in [0, 0.05) is 11.1 Å². The summed E-state index contributed by atoms with van der Waals surface area (Å²) < 4.78 is 19.3. The molecule has 1 aromatic rings. The number of benzene rings is 1. The highest BCUT2D eigenvalue weighted by Gasteiger charge is 2.14. The highest BCUT2D eigenvalue weighted by Crippen LogP contribution is 2.25. The van der Waals surface area contributed by atoms with Gasteiger partial charge in [-0.2, -0.15) is 0 Å². The number of hydrogen-bond donors (Lipinski definition) is 0. The molecule has 0 amide bonds. The first kappa shape index (κ1) is 12.1. The van der Waals surface area contributed by atoms with Crippen molar-refractivity contribution in [2.45, 2.75) is 32.3 Å². The van der Waals surface area contributed by atoms with Gasteiger partial charge in [-0.3, -0.25) is 0 Å². The quantitative estimate of drug-likeness (QED) is 0.802. The van der Waals surface area contributed by atoms with Gasteiger partial charge in [0.15, 0.2) is 0 Å². The highest BCUT2D eigenvalue weighted by atomic mass is 79.9. The van der Waals surface area contributed by atoms with E-state index in [1.165, 1.54) is 37.8 Å². The van der Waals surface area contributed by atoms with E-state index in [2.05, 4.69) is 15.9 Å². The summed E-state index contributed by atoms with van der Waals surface area (Å²) in [4.78, 5) is 0. The lowest BCUT2D eigenvalue weighted by Crippen LogP contribution is -2.05. The molecular weight excluding hydrogens is 271 g/mol. The third kappa shape index (κ3) is 3.29. The first-order chi connectivity index (χ1) is 7.75. The van der Waals surface area contributed by atoms with Crippen LogP contribution in [-0.2, 0) is 11.3 Å². The molecule has 1 nitrogen and oxygen atoms in total. The molecule has 16 heavy (non-hydrogen) atoms. The minimum atomic E-state index is -0.216. The summed E-state index contributed by atoms with van der Waals surface area (Å²) in [5, 5.41) is 0. The maximum Gasteiger partial charge on any atom is 0.124 e. The molecule has 0 aliphatic heterocycles. The van der Waals surface area contributed by atoms with Crippen LogP contribution >= 0.6 is 15.9 Å².